The molecule has 2 aromatic carbocycles. The topological polar surface area (TPSA) is 53.4 Å². The summed E-state index contributed by atoms with van der Waals surface area (Å²) in [6.45, 7) is 1.74. The summed E-state index contributed by atoms with van der Waals surface area (Å²) >= 11 is 0. The maximum Gasteiger partial charge on any atom is 0.167 e. The summed E-state index contributed by atoms with van der Waals surface area (Å²) in [5.74, 6) is -0.173. The normalized spacial score (nSPS) is 11.1. The predicted octanol–water partition coefficient (Wildman–Crippen LogP) is 3.11. The molecule has 3 nitrogen and oxygen atoms in total. The zero-order valence-corrected chi connectivity index (χ0v) is 9.31. The molecule has 3 heteroatoms. The van der Waals surface area contributed by atoms with Crippen molar-refractivity contribution in [2.24, 2.45) is 0 Å². The lowest BCUT2D eigenvalue weighted by Crippen LogP contribution is -1.85. The highest BCUT2D eigenvalue weighted by Gasteiger charge is 2.10. The molecule has 3 aromatic rings. The van der Waals surface area contributed by atoms with E-state index in [0.717, 1.165) is 10.9 Å². The van der Waals surface area contributed by atoms with E-state index in [1.807, 2.05) is 30.3 Å². The molecule has 2 N–H and O–H groups in total. The summed E-state index contributed by atoms with van der Waals surface area (Å²) in [5, 5.41) is 21.1. The van der Waals surface area contributed by atoms with Gasteiger partial charge in [0.05, 0.1) is 11.0 Å². The molecule has 1 heterocycles. The molecular formula is C14H11NO2. The van der Waals surface area contributed by atoms with Gasteiger partial charge < -0.3 is 10.2 Å². The number of aryl methyl sites for hydroxylation is 1. The molecule has 0 saturated carbocycles. The van der Waals surface area contributed by atoms with Gasteiger partial charge in [0.15, 0.2) is 11.5 Å². The van der Waals surface area contributed by atoms with Gasteiger partial charge >= 0.3 is 0 Å². The fraction of sp³-hybridized carbons (Fsp3) is 0.0714. The molecule has 0 aliphatic rings. The van der Waals surface area contributed by atoms with Gasteiger partial charge in [0.2, 0.25) is 0 Å². The fourth-order valence-electron chi connectivity index (χ4n) is 2.02. The van der Waals surface area contributed by atoms with Gasteiger partial charge in [0.25, 0.3) is 0 Å². The number of phenolic OH excluding ortho intramolecular Hbond substituents is 2. The molecule has 0 atom stereocenters. The zero-order chi connectivity index (χ0) is 12.0. The molecule has 0 spiro atoms. The van der Waals surface area contributed by atoms with Crippen LogP contribution in [0.15, 0.2) is 36.4 Å². The molecule has 0 fully saturated rings. The van der Waals surface area contributed by atoms with Crippen molar-refractivity contribution >= 4 is 21.8 Å². The lowest BCUT2D eigenvalue weighted by atomic mass is 10.1. The quantitative estimate of drug-likeness (QED) is 0.456. The number of hydrogen-bond acceptors (Lipinski definition) is 3. The Morgan fingerprint density at radius 2 is 1.71 bits per heavy atom. The first-order valence-electron chi connectivity index (χ1n) is 5.38. The number of aromatic hydroxyl groups is 2. The van der Waals surface area contributed by atoms with Gasteiger partial charge in [-0.25, -0.2) is 4.98 Å². The molecule has 0 radical (unpaired) electrons. The SMILES string of the molecule is Cc1cc2nc3ccccc3cc2c(O)c1O. The Morgan fingerprint density at radius 3 is 2.53 bits per heavy atom. The number of benzene rings is 2. The summed E-state index contributed by atoms with van der Waals surface area (Å²) in [5.41, 5.74) is 2.19. The van der Waals surface area contributed by atoms with Gasteiger partial charge in [-0.15, -0.1) is 0 Å². The van der Waals surface area contributed by atoms with Gasteiger partial charge in [-0.3, -0.25) is 0 Å². The van der Waals surface area contributed by atoms with Gasteiger partial charge in [-0.2, -0.15) is 0 Å². The predicted molar refractivity (Wildman–Crippen MR) is 67.3 cm³/mol. The molecule has 0 bridgehead atoms. The van der Waals surface area contributed by atoms with Crippen LogP contribution in [0.5, 0.6) is 11.5 Å². The van der Waals surface area contributed by atoms with Crippen LogP contribution in [-0.2, 0) is 0 Å². The van der Waals surface area contributed by atoms with Crippen molar-refractivity contribution in [3.63, 3.8) is 0 Å². The first kappa shape index (κ1) is 9.90. The van der Waals surface area contributed by atoms with E-state index in [0.29, 0.717) is 16.5 Å². The van der Waals surface area contributed by atoms with E-state index in [9.17, 15) is 10.2 Å². The second-order valence-electron chi connectivity index (χ2n) is 4.14. The van der Waals surface area contributed by atoms with Crippen LogP contribution >= 0.6 is 0 Å². The van der Waals surface area contributed by atoms with Gasteiger partial charge in [0.1, 0.15) is 0 Å². The highest BCUT2D eigenvalue weighted by atomic mass is 16.3. The van der Waals surface area contributed by atoms with Crippen LogP contribution in [0.4, 0.5) is 0 Å². The van der Waals surface area contributed by atoms with Gasteiger partial charge in [0, 0.05) is 10.8 Å². The van der Waals surface area contributed by atoms with Gasteiger partial charge in [-0.1, -0.05) is 18.2 Å². The molecule has 84 valence electrons. The summed E-state index contributed by atoms with van der Waals surface area (Å²) in [4.78, 5) is 4.47. The van der Waals surface area contributed by atoms with E-state index in [-0.39, 0.29) is 11.5 Å². The first-order chi connectivity index (χ1) is 8.16. The Morgan fingerprint density at radius 1 is 0.941 bits per heavy atom. The summed E-state index contributed by atoms with van der Waals surface area (Å²) in [6, 6.07) is 11.3. The lowest BCUT2D eigenvalue weighted by Gasteiger charge is -2.07. The van der Waals surface area contributed by atoms with E-state index in [1.54, 1.807) is 13.0 Å². The smallest absolute Gasteiger partial charge is 0.167 e. The maximum atomic E-state index is 9.91. The van der Waals surface area contributed by atoms with E-state index in [2.05, 4.69) is 4.98 Å². The number of aromatic nitrogens is 1. The van der Waals surface area contributed by atoms with Crippen molar-refractivity contribution in [3.05, 3.63) is 42.0 Å². The molecule has 0 saturated heterocycles. The second-order valence-corrected chi connectivity index (χ2v) is 4.14. The number of rotatable bonds is 0. The van der Waals surface area contributed by atoms with Crippen LogP contribution in [0.2, 0.25) is 0 Å². The number of phenols is 2. The Bertz CT molecular complexity index is 735. The van der Waals surface area contributed by atoms with Crippen LogP contribution < -0.4 is 0 Å². The Kier molecular flexibility index (Phi) is 1.95. The molecule has 3 rings (SSSR count). The van der Waals surface area contributed by atoms with E-state index >= 15 is 0 Å². The number of nitrogens with zero attached hydrogens (tertiary/aromatic N) is 1. The second kappa shape index (κ2) is 3.35. The minimum absolute atomic E-state index is 0.0745. The third-order valence-corrected chi connectivity index (χ3v) is 2.96. The third kappa shape index (κ3) is 1.40. The number of para-hydroxylation sites is 1. The number of pyridine rings is 1. The molecule has 17 heavy (non-hydrogen) atoms. The van der Waals surface area contributed by atoms with Crippen LogP contribution in [0, 0.1) is 6.92 Å². The minimum Gasteiger partial charge on any atom is -0.504 e. The summed E-state index contributed by atoms with van der Waals surface area (Å²) in [6.07, 6.45) is 0. The van der Waals surface area contributed by atoms with Crippen molar-refractivity contribution in [1.29, 1.82) is 0 Å². The lowest BCUT2D eigenvalue weighted by molar-refractivity contribution is 0.405. The van der Waals surface area contributed by atoms with Crippen LogP contribution in [0.1, 0.15) is 5.56 Å². The Balaban J connectivity index is 2.52. The monoisotopic (exact) mass is 225 g/mol. The zero-order valence-electron chi connectivity index (χ0n) is 9.31. The van der Waals surface area contributed by atoms with E-state index < -0.39 is 0 Å². The third-order valence-electron chi connectivity index (χ3n) is 2.96. The van der Waals surface area contributed by atoms with Gasteiger partial charge in [-0.05, 0) is 30.7 Å². The molecule has 0 amide bonds. The Hall–Kier alpha value is -2.29. The van der Waals surface area contributed by atoms with Crippen molar-refractivity contribution in [2.45, 2.75) is 6.92 Å². The van der Waals surface area contributed by atoms with E-state index in [4.69, 9.17) is 0 Å². The van der Waals surface area contributed by atoms with Crippen molar-refractivity contribution in [1.82, 2.24) is 4.98 Å². The van der Waals surface area contributed by atoms with Crippen molar-refractivity contribution in [3.8, 4) is 11.5 Å². The van der Waals surface area contributed by atoms with Crippen LogP contribution in [0.25, 0.3) is 21.8 Å². The highest BCUT2D eigenvalue weighted by molar-refractivity contribution is 5.97. The standard InChI is InChI=1S/C14H11NO2/c1-8-6-12-10(14(17)13(8)16)7-9-4-2-3-5-11(9)15-12/h2-7,16-17H,1H3. The average molecular weight is 225 g/mol. The van der Waals surface area contributed by atoms with E-state index in [1.165, 1.54) is 0 Å². The fourth-order valence-corrected chi connectivity index (χ4v) is 2.02. The summed E-state index contributed by atoms with van der Waals surface area (Å²) in [7, 11) is 0. The van der Waals surface area contributed by atoms with Crippen LogP contribution in [-0.4, -0.2) is 15.2 Å². The molecular weight excluding hydrogens is 214 g/mol. The summed E-state index contributed by atoms with van der Waals surface area (Å²) < 4.78 is 0. The largest absolute Gasteiger partial charge is 0.504 e. The minimum atomic E-state index is -0.0988. The van der Waals surface area contributed by atoms with Crippen molar-refractivity contribution in [2.75, 3.05) is 0 Å². The van der Waals surface area contributed by atoms with Crippen LogP contribution in [0.3, 0.4) is 0 Å². The first-order valence-corrected chi connectivity index (χ1v) is 5.38. The molecule has 0 aliphatic heterocycles. The number of hydrogen-bond donors (Lipinski definition) is 2. The average Bonchev–Trinajstić information content (AvgIpc) is 2.34. The van der Waals surface area contributed by atoms with Crippen molar-refractivity contribution < 1.29 is 10.2 Å². The number of fused-ring (bicyclic) bond motifs is 2. The maximum absolute atomic E-state index is 9.91. The highest BCUT2D eigenvalue weighted by Crippen LogP contribution is 2.37. The molecule has 1 aromatic heterocycles. The molecule has 0 unspecified atom stereocenters. The Labute approximate surface area is 98.0 Å². The molecule has 0 aliphatic carbocycles.